The summed E-state index contributed by atoms with van der Waals surface area (Å²) in [6.45, 7) is 1.61. The molecule has 14 heavy (non-hydrogen) atoms. The highest BCUT2D eigenvalue weighted by atomic mass is 35.7. The lowest BCUT2D eigenvalue weighted by molar-refractivity contribution is 1.11. The van der Waals surface area contributed by atoms with Crippen LogP contribution in [0.3, 0.4) is 0 Å². The summed E-state index contributed by atoms with van der Waals surface area (Å²) in [5, 5.41) is 0. The molecular formula is C11H14Cl2Si. The highest BCUT2D eigenvalue weighted by Gasteiger charge is 2.25. The van der Waals surface area contributed by atoms with Crippen LogP contribution in [0, 0.1) is 0 Å². The summed E-state index contributed by atoms with van der Waals surface area (Å²) < 4.78 is 0. The number of allylic oxidation sites excluding steroid dienone is 1. The third-order valence-electron chi connectivity index (χ3n) is 2.07. The van der Waals surface area contributed by atoms with Crippen molar-refractivity contribution < 1.29 is 0 Å². The van der Waals surface area contributed by atoms with E-state index in [2.05, 4.69) is 18.7 Å². The molecular weight excluding hydrogens is 231 g/mol. The third-order valence-corrected chi connectivity index (χ3v) is 5.99. The van der Waals surface area contributed by atoms with Crippen molar-refractivity contribution in [1.29, 1.82) is 0 Å². The second-order valence-electron chi connectivity index (χ2n) is 3.33. The Balaban J connectivity index is 2.44. The van der Waals surface area contributed by atoms with Crippen molar-refractivity contribution in [3.05, 3.63) is 48.6 Å². The molecule has 0 amide bonds. The molecule has 0 N–H and O–H groups in total. The van der Waals surface area contributed by atoms with Gasteiger partial charge < -0.3 is 0 Å². The number of halogens is 2. The van der Waals surface area contributed by atoms with Gasteiger partial charge in [-0.3, -0.25) is 0 Å². The second kappa shape index (κ2) is 5.59. The molecule has 0 nitrogen and oxygen atoms in total. The molecule has 1 rings (SSSR count). The summed E-state index contributed by atoms with van der Waals surface area (Å²) in [7, 11) is 0. The van der Waals surface area contributed by atoms with Crippen LogP contribution in [0.4, 0.5) is 0 Å². The second-order valence-corrected chi connectivity index (χ2v) is 10.9. The molecule has 0 heterocycles. The van der Waals surface area contributed by atoms with Crippen LogP contribution in [-0.4, -0.2) is 6.69 Å². The average molecular weight is 245 g/mol. The van der Waals surface area contributed by atoms with E-state index in [0.717, 1.165) is 18.5 Å². The molecule has 0 atom stereocenters. The normalized spacial score (nSPS) is 11.3. The number of hydrogen-bond acceptors (Lipinski definition) is 0. The predicted molar refractivity (Wildman–Crippen MR) is 67.4 cm³/mol. The van der Waals surface area contributed by atoms with Crippen molar-refractivity contribution in [2.24, 2.45) is 0 Å². The molecule has 0 aliphatic rings. The molecule has 0 unspecified atom stereocenters. The third kappa shape index (κ3) is 4.31. The van der Waals surface area contributed by atoms with E-state index in [1.807, 2.05) is 24.3 Å². The Labute approximate surface area is 96.0 Å². The molecule has 0 saturated heterocycles. The molecule has 0 fully saturated rings. The van der Waals surface area contributed by atoms with Crippen molar-refractivity contribution in [2.75, 3.05) is 0 Å². The fourth-order valence-corrected chi connectivity index (χ4v) is 3.79. The minimum atomic E-state index is -2.06. The monoisotopic (exact) mass is 244 g/mol. The van der Waals surface area contributed by atoms with Crippen LogP contribution in [0.1, 0.15) is 5.56 Å². The van der Waals surface area contributed by atoms with Gasteiger partial charge in [0.2, 0.25) is 0 Å². The van der Waals surface area contributed by atoms with Crippen LogP contribution in [0.25, 0.3) is 0 Å². The first-order chi connectivity index (χ1) is 6.64. The minimum Gasteiger partial charge on any atom is -0.146 e. The molecule has 3 heteroatoms. The van der Waals surface area contributed by atoms with E-state index in [1.165, 1.54) is 5.56 Å². The van der Waals surface area contributed by atoms with Gasteiger partial charge >= 0.3 is 0 Å². The summed E-state index contributed by atoms with van der Waals surface area (Å²) in [4.78, 5) is 0. The van der Waals surface area contributed by atoms with Crippen LogP contribution in [0.5, 0.6) is 0 Å². The molecule has 1 aromatic carbocycles. The van der Waals surface area contributed by atoms with Gasteiger partial charge in [0.05, 0.1) is 0 Å². The highest BCUT2D eigenvalue weighted by molar-refractivity contribution is 7.45. The topological polar surface area (TPSA) is 0 Å². The summed E-state index contributed by atoms with van der Waals surface area (Å²) in [5.41, 5.74) is 1.30. The van der Waals surface area contributed by atoms with Crippen molar-refractivity contribution >= 4 is 28.9 Å². The molecule has 0 saturated carbocycles. The van der Waals surface area contributed by atoms with Gasteiger partial charge in [-0.2, -0.15) is 0 Å². The Morgan fingerprint density at radius 2 is 1.86 bits per heavy atom. The van der Waals surface area contributed by atoms with E-state index in [4.69, 9.17) is 22.2 Å². The Morgan fingerprint density at radius 1 is 1.21 bits per heavy atom. The van der Waals surface area contributed by atoms with Gasteiger partial charge in [-0.1, -0.05) is 36.4 Å². The molecule has 0 radical (unpaired) electrons. The highest BCUT2D eigenvalue weighted by Crippen LogP contribution is 2.27. The van der Waals surface area contributed by atoms with E-state index in [-0.39, 0.29) is 0 Å². The first kappa shape index (κ1) is 11.8. The Kier molecular flexibility index (Phi) is 4.73. The lowest BCUT2D eigenvalue weighted by Gasteiger charge is -2.13. The standard InChI is InChI=1S/C11H14Cl2Si/c1-2-9-14(12,13)10-8-11-6-4-3-5-7-11/h2-7H,1,8-10H2. The number of benzene rings is 1. The van der Waals surface area contributed by atoms with E-state index in [1.54, 1.807) is 0 Å². The smallest absolute Gasteiger partial charge is 0.146 e. The predicted octanol–water partition coefficient (Wildman–Crippen LogP) is 4.33. The van der Waals surface area contributed by atoms with Crippen LogP contribution in [-0.2, 0) is 6.42 Å². The molecule has 0 bridgehead atoms. The summed E-state index contributed by atoms with van der Waals surface area (Å²) >= 11 is 12.4. The number of aryl methyl sites for hydroxylation is 1. The Morgan fingerprint density at radius 3 is 2.43 bits per heavy atom. The maximum atomic E-state index is 6.22. The van der Waals surface area contributed by atoms with E-state index in [0.29, 0.717) is 0 Å². The maximum absolute atomic E-state index is 6.22. The van der Waals surface area contributed by atoms with Crippen LogP contribution >= 0.6 is 22.2 Å². The lowest BCUT2D eigenvalue weighted by atomic mass is 10.2. The SMILES string of the molecule is C=CC[Si](Cl)(Cl)CCc1ccccc1. The van der Waals surface area contributed by atoms with Crippen LogP contribution in [0.2, 0.25) is 12.1 Å². The van der Waals surface area contributed by atoms with Crippen LogP contribution < -0.4 is 0 Å². The van der Waals surface area contributed by atoms with Crippen molar-refractivity contribution in [3.8, 4) is 0 Å². The zero-order valence-corrected chi connectivity index (χ0v) is 10.6. The van der Waals surface area contributed by atoms with Crippen molar-refractivity contribution in [1.82, 2.24) is 0 Å². The largest absolute Gasteiger partial charge is 0.255 e. The van der Waals surface area contributed by atoms with E-state index >= 15 is 0 Å². The van der Waals surface area contributed by atoms with E-state index < -0.39 is 6.69 Å². The van der Waals surface area contributed by atoms with Crippen molar-refractivity contribution in [3.63, 3.8) is 0 Å². The Bertz CT molecular complexity index is 283. The maximum Gasteiger partial charge on any atom is 0.255 e. The first-order valence-corrected chi connectivity index (χ1v) is 9.10. The molecule has 1 aromatic rings. The lowest BCUT2D eigenvalue weighted by Crippen LogP contribution is -2.18. The number of rotatable bonds is 5. The van der Waals surface area contributed by atoms with Crippen LogP contribution in [0.15, 0.2) is 43.0 Å². The van der Waals surface area contributed by atoms with Gasteiger partial charge in [0.1, 0.15) is 0 Å². The molecule has 0 aromatic heterocycles. The van der Waals surface area contributed by atoms with Gasteiger partial charge in [0.15, 0.2) is 0 Å². The van der Waals surface area contributed by atoms with Gasteiger partial charge in [0.25, 0.3) is 6.69 Å². The molecule has 0 spiro atoms. The van der Waals surface area contributed by atoms with Gasteiger partial charge in [-0.25, -0.2) is 0 Å². The first-order valence-electron chi connectivity index (χ1n) is 4.67. The zero-order valence-electron chi connectivity index (χ0n) is 8.05. The summed E-state index contributed by atoms with van der Waals surface area (Å²) in [5.74, 6) is 0. The summed E-state index contributed by atoms with van der Waals surface area (Å²) in [6, 6.07) is 12.0. The summed E-state index contributed by atoms with van der Waals surface area (Å²) in [6.07, 6.45) is 2.78. The van der Waals surface area contributed by atoms with Crippen molar-refractivity contribution in [2.45, 2.75) is 18.5 Å². The minimum absolute atomic E-state index is 0.767. The van der Waals surface area contributed by atoms with Gasteiger partial charge in [0, 0.05) is 0 Å². The molecule has 0 aliphatic heterocycles. The van der Waals surface area contributed by atoms with E-state index in [9.17, 15) is 0 Å². The van der Waals surface area contributed by atoms with Gasteiger partial charge in [-0.05, 0) is 24.1 Å². The fraction of sp³-hybridized carbons (Fsp3) is 0.273. The average Bonchev–Trinajstić information content (AvgIpc) is 2.17. The zero-order chi connectivity index (χ0) is 10.4. The molecule has 76 valence electrons. The molecule has 0 aliphatic carbocycles. The Hall–Kier alpha value is -0.243. The quantitative estimate of drug-likeness (QED) is 0.411. The fourth-order valence-electron chi connectivity index (χ4n) is 1.29. The number of hydrogen-bond donors (Lipinski definition) is 0. The van der Waals surface area contributed by atoms with Gasteiger partial charge in [-0.15, -0.1) is 28.7 Å².